The van der Waals surface area contributed by atoms with E-state index in [1.54, 1.807) is 6.20 Å². The molecule has 0 amide bonds. The van der Waals surface area contributed by atoms with Gasteiger partial charge in [0, 0.05) is 18.8 Å². The van der Waals surface area contributed by atoms with Gasteiger partial charge >= 0.3 is 0 Å². The minimum Gasteiger partial charge on any atom is -0.366 e. The van der Waals surface area contributed by atoms with E-state index in [1.165, 1.54) is 17.5 Å². The Kier molecular flexibility index (Phi) is 3.99. The molecule has 0 bridgehead atoms. The highest BCUT2D eigenvalue weighted by molar-refractivity contribution is 5.35. The van der Waals surface area contributed by atoms with Crippen LogP contribution in [-0.2, 0) is 13.5 Å². The summed E-state index contributed by atoms with van der Waals surface area (Å²) in [7, 11) is 1.95. The van der Waals surface area contributed by atoms with Crippen molar-refractivity contribution in [2.45, 2.75) is 33.2 Å². The zero-order valence-corrected chi connectivity index (χ0v) is 12.2. The van der Waals surface area contributed by atoms with Crippen LogP contribution in [0.25, 0.3) is 0 Å². The Hall–Kier alpha value is -2.42. The van der Waals surface area contributed by atoms with E-state index in [2.05, 4.69) is 34.2 Å². The van der Waals surface area contributed by atoms with Crippen LogP contribution in [0.15, 0.2) is 12.4 Å². The molecule has 0 saturated carbocycles. The van der Waals surface area contributed by atoms with Crippen molar-refractivity contribution in [3.63, 3.8) is 0 Å². The summed E-state index contributed by atoms with van der Waals surface area (Å²) in [6.07, 6.45) is 3.92. The van der Waals surface area contributed by atoms with Gasteiger partial charge in [0.25, 0.3) is 0 Å². The van der Waals surface area contributed by atoms with E-state index in [0.717, 1.165) is 12.1 Å². The summed E-state index contributed by atoms with van der Waals surface area (Å²) >= 11 is 0. The van der Waals surface area contributed by atoms with Gasteiger partial charge in [0.15, 0.2) is 5.69 Å². The number of nitriles is 1. The lowest BCUT2D eigenvalue weighted by atomic mass is 10.1. The Labute approximate surface area is 118 Å². The van der Waals surface area contributed by atoms with Gasteiger partial charge in [-0.25, -0.2) is 9.97 Å². The highest BCUT2D eigenvalue weighted by atomic mass is 15.3. The van der Waals surface area contributed by atoms with Crippen LogP contribution in [-0.4, -0.2) is 25.8 Å². The van der Waals surface area contributed by atoms with E-state index in [9.17, 15) is 0 Å². The Morgan fingerprint density at radius 1 is 1.35 bits per heavy atom. The first-order valence-electron chi connectivity index (χ1n) is 6.49. The second-order valence-electron chi connectivity index (χ2n) is 4.92. The number of aryl methyl sites for hydroxylation is 2. The van der Waals surface area contributed by atoms with Crippen molar-refractivity contribution < 1.29 is 0 Å². The van der Waals surface area contributed by atoms with Crippen LogP contribution in [0.2, 0.25) is 0 Å². The third-order valence-corrected chi connectivity index (χ3v) is 3.33. The Balaban J connectivity index is 2.05. The van der Waals surface area contributed by atoms with E-state index >= 15 is 0 Å². The molecular weight excluding hydrogens is 252 g/mol. The molecule has 0 aromatic carbocycles. The number of nitrogens with zero attached hydrogens (tertiary/aromatic N) is 5. The summed E-state index contributed by atoms with van der Waals surface area (Å²) in [6.45, 7) is 6.19. The molecule has 1 N–H and O–H groups in total. The average Bonchev–Trinajstić information content (AvgIpc) is 2.66. The van der Waals surface area contributed by atoms with Crippen molar-refractivity contribution in [2.24, 2.45) is 7.05 Å². The van der Waals surface area contributed by atoms with Crippen molar-refractivity contribution in [1.82, 2.24) is 19.7 Å². The van der Waals surface area contributed by atoms with Crippen LogP contribution in [0.5, 0.6) is 0 Å². The van der Waals surface area contributed by atoms with Gasteiger partial charge in [-0.2, -0.15) is 10.4 Å². The monoisotopic (exact) mass is 270 g/mol. The third kappa shape index (κ3) is 2.94. The minimum absolute atomic E-state index is 0.207. The van der Waals surface area contributed by atoms with Crippen LogP contribution in [0, 0.1) is 25.2 Å². The van der Waals surface area contributed by atoms with Crippen molar-refractivity contribution in [2.75, 3.05) is 5.32 Å². The quantitative estimate of drug-likeness (QED) is 0.915. The molecule has 2 aromatic rings. The van der Waals surface area contributed by atoms with Crippen LogP contribution < -0.4 is 5.32 Å². The lowest BCUT2D eigenvalue weighted by Gasteiger charge is -2.14. The molecular formula is C14H18N6. The molecule has 0 aliphatic heterocycles. The molecule has 0 radical (unpaired) electrons. The molecule has 0 spiro atoms. The van der Waals surface area contributed by atoms with Crippen LogP contribution in [0.4, 0.5) is 5.82 Å². The standard InChI is InChI=1S/C14H18N6/c1-9(5-13-10(2)19-20(4)11(13)3)18-14-8-16-12(6-15)7-17-14/h7-9H,5H2,1-4H3,(H,17,18). The van der Waals surface area contributed by atoms with Crippen LogP contribution >= 0.6 is 0 Å². The predicted octanol–water partition coefficient (Wildman–Crippen LogP) is 1.74. The summed E-state index contributed by atoms with van der Waals surface area (Å²) in [5, 5.41) is 16.4. The maximum Gasteiger partial charge on any atom is 0.158 e. The number of rotatable bonds is 4. The van der Waals surface area contributed by atoms with Crippen molar-refractivity contribution in [3.8, 4) is 6.07 Å². The minimum atomic E-state index is 0.207. The van der Waals surface area contributed by atoms with E-state index in [0.29, 0.717) is 11.5 Å². The first kappa shape index (κ1) is 14.0. The van der Waals surface area contributed by atoms with Crippen LogP contribution in [0.3, 0.4) is 0 Å². The fourth-order valence-corrected chi connectivity index (χ4v) is 2.18. The molecule has 1 unspecified atom stereocenters. The first-order chi connectivity index (χ1) is 9.51. The fraction of sp³-hybridized carbons (Fsp3) is 0.429. The van der Waals surface area contributed by atoms with Gasteiger partial charge in [0.1, 0.15) is 11.9 Å². The Bertz CT molecular complexity index is 635. The van der Waals surface area contributed by atoms with Gasteiger partial charge in [-0.3, -0.25) is 4.68 Å². The fourth-order valence-electron chi connectivity index (χ4n) is 2.18. The lowest BCUT2D eigenvalue weighted by Crippen LogP contribution is -2.19. The zero-order chi connectivity index (χ0) is 14.7. The van der Waals surface area contributed by atoms with Gasteiger partial charge in [-0.05, 0) is 32.8 Å². The summed E-state index contributed by atoms with van der Waals surface area (Å²) in [5.41, 5.74) is 3.82. The van der Waals surface area contributed by atoms with Gasteiger partial charge in [-0.1, -0.05) is 0 Å². The second-order valence-corrected chi connectivity index (χ2v) is 4.92. The summed E-state index contributed by atoms with van der Waals surface area (Å²) in [4.78, 5) is 8.16. The molecule has 6 nitrogen and oxygen atoms in total. The molecule has 0 fully saturated rings. The molecule has 0 aliphatic carbocycles. The normalized spacial score (nSPS) is 11.9. The van der Waals surface area contributed by atoms with Crippen molar-refractivity contribution >= 4 is 5.82 Å². The number of hydrogen-bond donors (Lipinski definition) is 1. The summed E-state index contributed by atoms with van der Waals surface area (Å²) in [5.74, 6) is 0.677. The SMILES string of the molecule is Cc1nn(C)c(C)c1CC(C)Nc1cnc(C#N)cn1. The molecule has 2 aromatic heterocycles. The maximum absolute atomic E-state index is 8.69. The molecule has 2 heterocycles. The number of anilines is 1. The maximum atomic E-state index is 8.69. The number of hydrogen-bond acceptors (Lipinski definition) is 5. The largest absolute Gasteiger partial charge is 0.366 e. The van der Waals surface area contributed by atoms with E-state index in [1.807, 2.05) is 24.7 Å². The highest BCUT2D eigenvalue weighted by Crippen LogP contribution is 2.15. The molecule has 1 atom stereocenters. The lowest BCUT2D eigenvalue weighted by molar-refractivity contribution is 0.726. The van der Waals surface area contributed by atoms with Gasteiger partial charge in [0.2, 0.25) is 0 Å². The number of aromatic nitrogens is 4. The Morgan fingerprint density at radius 2 is 2.10 bits per heavy atom. The summed E-state index contributed by atoms with van der Waals surface area (Å²) in [6, 6.07) is 2.16. The molecule has 6 heteroatoms. The van der Waals surface area contributed by atoms with Gasteiger partial charge < -0.3 is 5.32 Å². The summed E-state index contributed by atoms with van der Waals surface area (Å²) < 4.78 is 1.90. The van der Waals surface area contributed by atoms with E-state index in [4.69, 9.17) is 5.26 Å². The van der Waals surface area contributed by atoms with Crippen molar-refractivity contribution in [1.29, 1.82) is 5.26 Å². The molecule has 20 heavy (non-hydrogen) atoms. The van der Waals surface area contributed by atoms with Crippen molar-refractivity contribution in [3.05, 3.63) is 35.0 Å². The molecule has 0 saturated heterocycles. The van der Waals surface area contributed by atoms with Gasteiger partial charge in [0.05, 0.1) is 18.1 Å². The average molecular weight is 270 g/mol. The van der Waals surface area contributed by atoms with E-state index < -0.39 is 0 Å². The molecule has 0 aliphatic rings. The highest BCUT2D eigenvalue weighted by Gasteiger charge is 2.13. The molecule has 2 rings (SSSR count). The third-order valence-electron chi connectivity index (χ3n) is 3.33. The second kappa shape index (κ2) is 5.70. The Morgan fingerprint density at radius 3 is 2.60 bits per heavy atom. The smallest absolute Gasteiger partial charge is 0.158 e. The number of nitrogens with one attached hydrogen (secondary N) is 1. The zero-order valence-electron chi connectivity index (χ0n) is 12.2. The first-order valence-corrected chi connectivity index (χ1v) is 6.49. The van der Waals surface area contributed by atoms with Gasteiger partial charge in [-0.15, -0.1) is 0 Å². The predicted molar refractivity (Wildman–Crippen MR) is 76.2 cm³/mol. The van der Waals surface area contributed by atoms with Crippen LogP contribution in [0.1, 0.15) is 29.6 Å². The topological polar surface area (TPSA) is 79.4 Å². The molecule has 104 valence electrons. The van der Waals surface area contributed by atoms with E-state index in [-0.39, 0.29) is 6.04 Å².